The van der Waals surface area contributed by atoms with Gasteiger partial charge in [0.15, 0.2) is 11.0 Å². The van der Waals surface area contributed by atoms with Crippen molar-refractivity contribution < 1.29 is 13.9 Å². The van der Waals surface area contributed by atoms with E-state index >= 15 is 0 Å². The first-order chi connectivity index (χ1) is 14.4. The van der Waals surface area contributed by atoms with Crippen LogP contribution in [0.1, 0.15) is 36.9 Å². The van der Waals surface area contributed by atoms with Crippen LogP contribution in [0.4, 0.5) is 9.18 Å². The molecule has 0 saturated carbocycles. The zero-order valence-corrected chi connectivity index (χ0v) is 17.7. The maximum Gasteiger partial charge on any atom is 0.410 e. The minimum atomic E-state index is -0.713. The first-order valence-corrected chi connectivity index (χ1v) is 10.3. The summed E-state index contributed by atoms with van der Waals surface area (Å²) in [4.78, 5) is 26.5. The van der Waals surface area contributed by atoms with Gasteiger partial charge in [-0.25, -0.2) is 24.1 Å². The first-order valence-electron chi connectivity index (χ1n) is 9.58. The van der Waals surface area contributed by atoms with Gasteiger partial charge < -0.3 is 9.64 Å². The van der Waals surface area contributed by atoms with Crippen LogP contribution in [0.3, 0.4) is 0 Å². The minimum Gasteiger partial charge on any atom is -0.445 e. The fourth-order valence-electron chi connectivity index (χ4n) is 3.83. The van der Waals surface area contributed by atoms with Gasteiger partial charge in [0.05, 0.1) is 5.69 Å². The lowest BCUT2D eigenvalue weighted by atomic mass is 9.87. The summed E-state index contributed by atoms with van der Waals surface area (Å²) in [5.74, 6) is -0.738. The Labute approximate surface area is 183 Å². The van der Waals surface area contributed by atoms with Crippen molar-refractivity contribution in [3.63, 3.8) is 0 Å². The number of pyridine rings is 1. The van der Waals surface area contributed by atoms with E-state index in [4.69, 9.17) is 27.9 Å². The molecule has 1 unspecified atom stereocenters. The van der Waals surface area contributed by atoms with E-state index in [9.17, 15) is 9.18 Å². The molecule has 9 heteroatoms. The van der Waals surface area contributed by atoms with Crippen molar-refractivity contribution in [1.29, 1.82) is 0 Å². The monoisotopic (exact) mass is 448 g/mol. The molecular weight excluding hydrogens is 430 g/mol. The van der Waals surface area contributed by atoms with Gasteiger partial charge in [-0.3, -0.25) is 0 Å². The highest BCUT2D eigenvalue weighted by atomic mass is 35.5. The molecule has 156 valence electrons. The fraction of sp³-hybridized carbons (Fsp3) is 0.333. The molecule has 0 aliphatic carbocycles. The molecule has 0 N–H and O–H groups in total. The molecule has 0 radical (unpaired) electrons. The highest BCUT2D eigenvalue weighted by Gasteiger charge is 2.32. The predicted octanol–water partition coefficient (Wildman–Crippen LogP) is 5.38. The summed E-state index contributed by atoms with van der Waals surface area (Å²) in [5.41, 5.74) is 1.61. The van der Waals surface area contributed by atoms with Crippen LogP contribution in [0.15, 0.2) is 36.5 Å². The molecule has 30 heavy (non-hydrogen) atoms. The van der Waals surface area contributed by atoms with Crippen molar-refractivity contribution in [1.82, 2.24) is 19.9 Å². The molecule has 2 atom stereocenters. The lowest BCUT2D eigenvalue weighted by Gasteiger charge is -2.37. The number of carbonyl (C=O) groups is 1. The van der Waals surface area contributed by atoms with Gasteiger partial charge in [-0.1, -0.05) is 41.9 Å². The number of rotatable bonds is 3. The number of nitrogens with zero attached hydrogens (tertiary/aromatic N) is 4. The average Bonchev–Trinajstić information content (AvgIpc) is 2.75. The minimum absolute atomic E-state index is 0.0245. The van der Waals surface area contributed by atoms with Crippen LogP contribution in [-0.4, -0.2) is 38.5 Å². The molecule has 1 saturated heterocycles. The topological polar surface area (TPSA) is 68.2 Å². The number of fused-ring (bicyclic) bond motifs is 1. The first kappa shape index (κ1) is 20.8. The Morgan fingerprint density at radius 1 is 1.27 bits per heavy atom. The Morgan fingerprint density at radius 2 is 2.03 bits per heavy atom. The van der Waals surface area contributed by atoms with Crippen LogP contribution >= 0.6 is 23.2 Å². The van der Waals surface area contributed by atoms with Gasteiger partial charge in [-0.2, -0.15) is 0 Å². The van der Waals surface area contributed by atoms with E-state index < -0.39 is 5.82 Å². The molecule has 1 aliphatic rings. The van der Waals surface area contributed by atoms with Crippen molar-refractivity contribution in [3.8, 4) is 0 Å². The quantitative estimate of drug-likeness (QED) is 0.397. The number of amides is 1. The predicted molar refractivity (Wildman–Crippen MR) is 112 cm³/mol. The summed E-state index contributed by atoms with van der Waals surface area (Å²) in [6, 6.07) is 9.45. The normalized spacial score (nSPS) is 19.1. The van der Waals surface area contributed by atoms with E-state index in [0.29, 0.717) is 30.5 Å². The van der Waals surface area contributed by atoms with E-state index in [1.165, 1.54) is 6.20 Å². The maximum absolute atomic E-state index is 14.4. The third-order valence-corrected chi connectivity index (χ3v) is 5.78. The number of hydrogen-bond acceptors (Lipinski definition) is 5. The largest absolute Gasteiger partial charge is 0.445 e. The zero-order chi connectivity index (χ0) is 21.3. The van der Waals surface area contributed by atoms with Crippen molar-refractivity contribution in [2.24, 2.45) is 0 Å². The van der Waals surface area contributed by atoms with Crippen LogP contribution < -0.4 is 0 Å². The average molecular weight is 449 g/mol. The van der Waals surface area contributed by atoms with Gasteiger partial charge in [0.2, 0.25) is 5.28 Å². The van der Waals surface area contributed by atoms with Gasteiger partial charge in [-0.05, 0) is 36.9 Å². The van der Waals surface area contributed by atoms with Gasteiger partial charge in [0.1, 0.15) is 12.1 Å². The van der Waals surface area contributed by atoms with Crippen LogP contribution in [0.2, 0.25) is 10.4 Å². The van der Waals surface area contributed by atoms with Gasteiger partial charge in [-0.15, -0.1) is 0 Å². The van der Waals surface area contributed by atoms with E-state index in [1.54, 1.807) is 4.90 Å². The Morgan fingerprint density at radius 3 is 2.77 bits per heavy atom. The molecule has 2 aromatic heterocycles. The number of halogens is 3. The third-order valence-electron chi connectivity index (χ3n) is 5.35. The van der Waals surface area contributed by atoms with E-state index in [0.717, 1.165) is 5.56 Å². The Balaban J connectivity index is 1.49. The van der Waals surface area contributed by atoms with Crippen LogP contribution in [0.25, 0.3) is 10.9 Å². The standard InChI is InChI=1S/C21H19Cl2FN4O2/c1-12-9-14(7-8-28(12)21(29)30-11-13-5-3-2-4-6-13)17-15-10-25-19(22)16(24)18(15)27-20(23)26-17/h2-6,10,12,14H,7-9,11H2,1H3/t12-,14?/m0/s1. The van der Waals surface area contributed by atoms with Gasteiger partial charge >= 0.3 is 6.09 Å². The maximum atomic E-state index is 14.4. The summed E-state index contributed by atoms with van der Waals surface area (Å²) in [6.45, 7) is 2.67. The van der Waals surface area contributed by atoms with Crippen LogP contribution in [-0.2, 0) is 11.3 Å². The second-order valence-electron chi connectivity index (χ2n) is 7.31. The number of carbonyl (C=O) groups excluding carboxylic acids is 1. The number of benzene rings is 1. The highest BCUT2D eigenvalue weighted by Crippen LogP contribution is 2.36. The Hall–Kier alpha value is -2.51. The Bertz CT molecular complexity index is 1080. The van der Waals surface area contributed by atoms with Crippen molar-refractivity contribution in [2.45, 2.75) is 38.3 Å². The van der Waals surface area contributed by atoms with Gasteiger partial charge in [0, 0.05) is 30.1 Å². The number of likely N-dealkylation sites (tertiary alicyclic amines) is 1. The van der Waals surface area contributed by atoms with Crippen LogP contribution in [0.5, 0.6) is 0 Å². The number of hydrogen-bond donors (Lipinski definition) is 0. The molecule has 3 heterocycles. The van der Waals surface area contributed by atoms with Crippen molar-refractivity contribution in [3.05, 3.63) is 64.0 Å². The van der Waals surface area contributed by atoms with Crippen molar-refractivity contribution in [2.75, 3.05) is 6.54 Å². The Kier molecular flexibility index (Phi) is 6.01. The summed E-state index contributed by atoms with van der Waals surface area (Å²) in [6.07, 6.45) is 2.39. The third kappa shape index (κ3) is 4.18. The lowest BCUT2D eigenvalue weighted by Crippen LogP contribution is -2.44. The van der Waals surface area contributed by atoms with Crippen LogP contribution in [0, 0.1) is 5.82 Å². The van der Waals surface area contributed by atoms with Gasteiger partial charge in [0.25, 0.3) is 0 Å². The van der Waals surface area contributed by atoms with E-state index in [2.05, 4.69) is 15.0 Å². The summed E-state index contributed by atoms with van der Waals surface area (Å²) < 4.78 is 19.8. The fourth-order valence-corrected chi connectivity index (χ4v) is 4.15. The molecule has 0 spiro atoms. The van der Waals surface area contributed by atoms with E-state index in [1.807, 2.05) is 37.3 Å². The number of aromatic nitrogens is 3. The highest BCUT2D eigenvalue weighted by molar-refractivity contribution is 6.30. The summed E-state index contributed by atoms with van der Waals surface area (Å²) >= 11 is 11.8. The zero-order valence-electron chi connectivity index (χ0n) is 16.2. The summed E-state index contributed by atoms with van der Waals surface area (Å²) in [5, 5.41) is 0.183. The summed E-state index contributed by atoms with van der Waals surface area (Å²) in [7, 11) is 0. The molecule has 3 aromatic rings. The number of ether oxygens (including phenoxy) is 1. The molecule has 1 aliphatic heterocycles. The molecule has 1 amide bonds. The molecule has 0 bridgehead atoms. The molecule has 6 nitrogen and oxygen atoms in total. The molecule has 1 aromatic carbocycles. The smallest absolute Gasteiger partial charge is 0.410 e. The van der Waals surface area contributed by atoms with E-state index in [-0.39, 0.29) is 40.6 Å². The molecule has 1 fully saturated rings. The SMILES string of the molecule is C[C@H]1CC(c2nc(Cl)nc3c(F)c(Cl)ncc23)CCN1C(=O)OCc1ccccc1. The molecule has 4 rings (SSSR count). The lowest BCUT2D eigenvalue weighted by molar-refractivity contribution is 0.0684. The second kappa shape index (κ2) is 8.70. The van der Waals surface area contributed by atoms with Crippen molar-refractivity contribution >= 4 is 40.2 Å². The number of piperidine rings is 1. The second-order valence-corrected chi connectivity index (χ2v) is 8.00. The molecular formula is C21H19Cl2FN4O2.